The highest BCUT2D eigenvalue weighted by atomic mass is 79.9. The van der Waals surface area contributed by atoms with E-state index in [1.807, 2.05) is 60.7 Å². The van der Waals surface area contributed by atoms with Gasteiger partial charge in [-0.1, -0.05) is 40.2 Å². The number of urea groups is 1. The normalized spacial score (nSPS) is 10.5. The maximum atomic E-state index is 12.3. The monoisotopic (exact) mass is 428 g/mol. The van der Waals surface area contributed by atoms with Crippen LogP contribution >= 0.6 is 15.9 Å². The number of hydrogen-bond donors (Lipinski definition) is 1. The van der Waals surface area contributed by atoms with E-state index in [0.717, 1.165) is 32.9 Å². The van der Waals surface area contributed by atoms with Gasteiger partial charge in [0.15, 0.2) is 0 Å². The van der Waals surface area contributed by atoms with Crippen molar-refractivity contribution in [1.82, 2.24) is 10.2 Å². The van der Waals surface area contributed by atoms with Crippen LogP contribution in [0.1, 0.15) is 11.3 Å². The molecule has 0 radical (unpaired) electrons. The van der Waals surface area contributed by atoms with E-state index in [4.69, 9.17) is 9.15 Å². The van der Waals surface area contributed by atoms with Crippen LogP contribution in [0.25, 0.3) is 11.3 Å². The lowest BCUT2D eigenvalue weighted by atomic mass is 10.2. The third-order valence-electron chi connectivity index (χ3n) is 4.11. The molecule has 140 valence electrons. The largest absolute Gasteiger partial charge is 0.497 e. The summed E-state index contributed by atoms with van der Waals surface area (Å²) < 4.78 is 12.1. The van der Waals surface area contributed by atoms with E-state index < -0.39 is 0 Å². The molecule has 3 aromatic rings. The second kappa shape index (κ2) is 8.77. The Morgan fingerprint density at radius 3 is 2.67 bits per heavy atom. The smallest absolute Gasteiger partial charge is 0.317 e. The molecule has 6 heteroatoms. The molecule has 0 spiro atoms. The highest BCUT2D eigenvalue weighted by Gasteiger charge is 2.12. The van der Waals surface area contributed by atoms with Crippen molar-refractivity contribution in [3.8, 4) is 17.1 Å². The van der Waals surface area contributed by atoms with E-state index in [2.05, 4.69) is 21.2 Å². The molecule has 2 aromatic carbocycles. The predicted octanol–water partition coefficient (Wildman–Crippen LogP) is 5.06. The van der Waals surface area contributed by atoms with Gasteiger partial charge in [0.2, 0.25) is 0 Å². The lowest BCUT2D eigenvalue weighted by molar-refractivity contribution is 0.202. The minimum atomic E-state index is -0.167. The molecule has 5 nitrogen and oxygen atoms in total. The van der Waals surface area contributed by atoms with Crippen LogP contribution in [0.15, 0.2) is 69.6 Å². The van der Waals surface area contributed by atoms with Gasteiger partial charge < -0.3 is 19.4 Å². The molecule has 0 saturated heterocycles. The number of nitrogens with one attached hydrogen (secondary N) is 1. The molecule has 2 amide bonds. The fourth-order valence-corrected chi connectivity index (χ4v) is 2.90. The number of methoxy groups -OCH3 is 1. The number of nitrogens with zero attached hydrogens (tertiary/aromatic N) is 1. The van der Waals surface area contributed by atoms with Crippen molar-refractivity contribution in [3.05, 3.63) is 76.5 Å². The first-order valence-corrected chi connectivity index (χ1v) is 9.31. The molecule has 0 saturated carbocycles. The van der Waals surface area contributed by atoms with Gasteiger partial charge in [0.05, 0.1) is 13.7 Å². The Morgan fingerprint density at radius 2 is 1.93 bits per heavy atom. The highest BCUT2D eigenvalue weighted by Crippen LogP contribution is 2.24. The van der Waals surface area contributed by atoms with E-state index in [1.54, 1.807) is 19.1 Å². The van der Waals surface area contributed by atoms with Crippen LogP contribution in [-0.4, -0.2) is 25.1 Å². The van der Waals surface area contributed by atoms with E-state index in [1.165, 1.54) is 0 Å². The average molecular weight is 429 g/mol. The van der Waals surface area contributed by atoms with Gasteiger partial charge in [0.1, 0.15) is 17.3 Å². The minimum absolute atomic E-state index is 0.167. The van der Waals surface area contributed by atoms with Gasteiger partial charge in [0.25, 0.3) is 0 Å². The fraction of sp³-hybridized carbons (Fsp3) is 0.190. The van der Waals surface area contributed by atoms with Crippen molar-refractivity contribution in [2.45, 2.75) is 13.1 Å². The highest BCUT2D eigenvalue weighted by molar-refractivity contribution is 9.10. The lowest BCUT2D eigenvalue weighted by Crippen LogP contribution is -2.36. The second-order valence-electron chi connectivity index (χ2n) is 6.14. The number of halogens is 1. The van der Waals surface area contributed by atoms with Crippen LogP contribution in [0.3, 0.4) is 0 Å². The summed E-state index contributed by atoms with van der Waals surface area (Å²) >= 11 is 3.42. The average Bonchev–Trinajstić information content (AvgIpc) is 3.15. The van der Waals surface area contributed by atoms with Crippen LogP contribution in [0, 0.1) is 0 Å². The molecule has 3 rings (SSSR count). The molecule has 1 aromatic heterocycles. The van der Waals surface area contributed by atoms with Gasteiger partial charge in [-0.2, -0.15) is 0 Å². The molecule has 27 heavy (non-hydrogen) atoms. The van der Waals surface area contributed by atoms with E-state index in [0.29, 0.717) is 13.1 Å². The van der Waals surface area contributed by atoms with E-state index >= 15 is 0 Å². The molecule has 0 fully saturated rings. The Labute approximate surface area is 167 Å². The Balaban J connectivity index is 1.55. The third-order valence-corrected chi connectivity index (χ3v) is 4.64. The molecule has 0 bridgehead atoms. The SMILES string of the molecule is COc1cccc(CNC(=O)N(C)Cc2ccc(-c3ccc(Br)cc3)o2)c1. The van der Waals surface area contributed by atoms with Crippen molar-refractivity contribution in [2.75, 3.05) is 14.2 Å². The summed E-state index contributed by atoms with van der Waals surface area (Å²) in [7, 11) is 3.36. The van der Waals surface area contributed by atoms with E-state index in [-0.39, 0.29) is 6.03 Å². The molecular weight excluding hydrogens is 408 g/mol. The van der Waals surface area contributed by atoms with Gasteiger partial charge in [-0.05, 0) is 42.0 Å². The number of amides is 2. The number of rotatable bonds is 6. The maximum absolute atomic E-state index is 12.3. The number of benzene rings is 2. The summed E-state index contributed by atoms with van der Waals surface area (Å²) in [4.78, 5) is 13.9. The predicted molar refractivity (Wildman–Crippen MR) is 109 cm³/mol. The van der Waals surface area contributed by atoms with Crippen LogP contribution in [0.2, 0.25) is 0 Å². The molecule has 0 atom stereocenters. The second-order valence-corrected chi connectivity index (χ2v) is 7.05. The quantitative estimate of drug-likeness (QED) is 0.596. The summed E-state index contributed by atoms with van der Waals surface area (Å²) in [5.74, 6) is 2.28. The molecule has 1 N–H and O–H groups in total. The van der Waals surface area contributed by atoms with Gasteiger partial charge in [-0.25, -0.2) is 4.79 Å². The molecule has 1 heterocycles. The molecular formula is C21H21BrN2O3. The van der Waals surface area contributed by atoms with Crippen molar-refractivity contribution in [3.63, 3.8) is 0 Å². The number of furan rings is 1. The van der Waals surface area contributed by atoms with Crippen LogP contribution < -0.4 is 10.1 Å². The Morgan fingerprint density at radius 1 is 1.15 bits per heavy atom. The van der Waals surface area contributed by atoms with Crippen molar-refractivity contribution >= 4 is 22.0 Å². The van der Waals surface area contributed by atoms with Gasteiger partial charge in [0, 0.05) is 23.6 Å². The van der Waals surface area contributed by atoms with Crippen LogP contribution in [0.4, 0.5) is 4.79 Å². The summed E-state index contributed by atoms with van der Waals surface area (Å²) in [6.45, 7) is 0.823. The first-order chi connectivity index (χ1) is 13.0. The zero-order valence-corrected chi connectivity index (χ0v) is 16.8. The van der Waals surface area contributed by atoms with E-state index in [9.17, 15) is 4.79 Å². The Kier molecular flexibility index (Phi) is 6.19. The zero-order chi connectivity index (χ0) is 19.2. The Bertz CT molecular complexity index is 906. The molecule has 0 aliphatic rings. The van der Waals surface area contributed by atoms with Crippen molar-refractivity contribution < 1.29 is 13.9 Å². The number of ether oxygens (including phenoxy) is 1. The number of carbonyl (C=O) groups excluding carboxylic acids is 1. The number of hydrogen-bond acceptors (Lipinski definition) is 3. The molecule has 0 unspecified atom stereocenters. The van der Waals surface area contributed by atoms with Crippen LogP contribution in [-0.2, 0) is 13.1 Å². The molecule has 0 aliphatic carbocycles. The summed E-state index contributed by atoms with van der Waals surface area (Å²) in [5.41, 5.74) is 1.97. The van der Waals surface area contributed by atoms with Crippen LogP contribution in [0.5, 0.6) is 5.75 Å². The fourth-order valence-electron chi connectivity index (χ4n) is 2.63. The van der Waals surface area contributed by atoms with Crippen molar-refractivity contribution in [2.24, 2.45) is 0 Å². The molecule has 0 aliphatic heterocycles. The third kappa shape index (κ3) is 5.14. The summed E-state index contributed by atoms with van der Waals surface area (Å²) in [6, 6.07) is 19.2. The zero-order valence-electron chi connectivity index (χ0n) is 15.2. The van der Waals surface area contributed by atoms with Crippen molar-refractivity contribution in [1.29, 1.82) is 0 Å². The van der Waals surface area contributed by atoms with Gasteiger partial charge in [-0.3, -0.25) is 0 Å². The standard InChI is InChI=1S/C21H21BrN2O3/c1-24(21(25)23-13-15-4-3-5-18(12-15)26-2)14-19-10-11-20(27-19)16-6-8-17(22)9-7-16/h3-12H,13-14H2,1-2H3,(H,23,25). The minimum Gasteiger partial charge on any atom is -0.497 e. The first-order valence-electron chi connectivity index (χ1n) is 8.51. The van der Waals surface area contributed by atoms with Gasteiger partial charge >= 0.3 is 6.03 Å². The topological polar surface area (TPSA) is 54.7 Å². The summed E-state index contributed by atoms with van der Waals surface area (Å²) in [6.07, 6.45) is 0. The number of carbonyl (C=O) groups is 1. The first kappa shape index (κ1) is 19.0. The summed E-state index contributed by atoms with van der Waals surface area (Å²) in [5, 5.41) is 2.90. The van der Waals surface area contributed by atoms with Gasteiger partial charge in [-0.15, -0.1) is 0 Å². The lowest BCUT2D eigenvalue weighted by Gasteiger charge is -2.17. The Hall–Kier alpha value is -2.73. The maximum Gasteiger partial charge on any atom is 0.317 e.